The van der Waals surface area contributed by atoms with Crippen molar-refractivity contribution in [3.63, 3.8) is 0 Å². The van der Waals surface area contributed by atoms with Gasteiger partial charge in [0.05, 0.1) is 6.04 Å². The van der Waals surface area contributed by atoms with Gasteiger partial charge >= 0.3 is 0 Å². The van der Waals surface area contributed by atoms with E-state index < -0.39 is 0 Å². The van der Waals surface area contributed by atoms with Crippen LogP contribution in [0.4, 0.5) is 0 Å². The van der Waals surface area contributed by atoms with Gasteiger partial charge in [0.1, 0.15) is 0 Å². The normalized spacial score (nSPS) is 46.7. The van der Waals surface area contributed by atoms with Gasteiger partial charge in [-0.2, -0.15) is 0 Å². The summed E-state index contributed by atoms with van der Waals surface area (Å²) >= 11 is 0. The smallest absolute Gasteiger partial charge is 0.186 e. The van der Waals surface area contributed by atoms with E-state index in [2.05, 4.69) is 11.9 Å². The van der Waals surface area contributed by atoms with Crippen LogP contribution < -0.4 is 11.5 Å². The second-order valence-corrected chi connectivity index (χ2v) is 6.51. The summed E-state index contributed by atoms with van der Waals surface area (Å²) in [5.41, 5.74) is 11.5. The molecule has 4 fully saturated rings. The minimum Gasteiger partial charge on any atom is -0.370 e. The Morgan fingerprint density at radius 3 is 1.88 bits per heavy atom. The van der Waals surface area contributed by atoms with Gasteiger partial charge in [0.15, 0.2) is 5.96 Å². The standard InChI is InChI=1S/C13H23N3/c1-8(16-12(14)15)13-5-9-2-10(6-13)4-11(3-9)7-13/h8-11H,2-7H2,1H3,(H4,14,15,16). The van der Waals surface area contributed by atoms with Gasteiger partial charge in [-0.1, -0.05) is 0 Å². The summed E-state index contributed by atoms with van der Waals surface area (Å²) in [6.45, 7) is 2.22. The fourth-order valence-electron chi connectivity index (χ4n) is 5.05. The molecule has 90 valence electrons. The van der Waals surface area contributed by atoms with Crippen LogP contribution >= 0.6 is 0 Å². The molecule has 4 bridgehead atoms. The van der Waals surface area contributed by atoms with E-state index in [-0.39, 0.29) is 5.96 Å². The van der Waals surface area contributed by atoms with Crippen molar-refractivity contribution in [3.8, 4) is 0 Å². The van der Waals surface area contributed by atoms with Crippen molar-refractivity contribution in [2.45, 2.75) is 51.5 Å². The first-order valence-corrected chi connectivity index (χ1v) is 6.66. The third kappa shape index (κ3) is 1.52. The lowest BCUT2D eigenvalue weighted by molar-refractivity contribution is -0.0633. The number of hydrogen-bond acceptors (Lipinski definition) is 1. The third-order valence-electron chi connectivity index (χ3n) is 5.31. The molecule has 0 aliphatic heterocycles. The van der Waals surface area contributed by atoms with E-state index in [9.17, 15) is 0 Å². The van der Waals surface area contributed by atoms with Crippen LogP contribution in [0.5, 0.6) is 0 Å². The number of guanidine groups is 1. The monoisotopic (exact) mass is 221 g/mol. The second kappa shape index (κ2) is 3.38. The maximum Gasteiger partial charge on any atom is 0.186 e. The van der Waals surface area contributed by atoms with Gasteiger partial charge in [-0.3, -0.25) is 4.99 Å². The maximum absolute atomic E-state index is 5.54. The molecule has 4 aliphatic carbocycles. The van der Waals surface area contributed by atoms with Crippen LogP contribution in [-0.2, 0) is 0 Å². The number of hydrogen-bond donors (Lipinski definition) is 2. The second-order valence-electron chi connectivity index (χ2n) is 6.51. The van der Waals surface area contributed by atoms with E-state index in [4.69, 9.17) is 11.5 Å². The summed E-state index contributed by atoms with van der Waals surface area (Å²) in [7, 11) is 0. The Bertz CT molecular complexity index is 282. The zero-order chi connectivity index (χ0) is 11.3. The molecule has 4 N–H and O–H groups in total. The molecule has 0 saturated heterocycles. The molecular weight excluding hydrogens is 198 g/mol. The molecule has 1 atom stereocenters. The lowest BCUT2D eigenvalue weighted by Crippen LogP contribution is -2.51. The topological polar surface area (TPSA) is 64.4 Å². The molecule has 1 unspecified atom stereocenters. The molecule has 0 amide bonds. The number of nitrogens with two attached hydrogens (primary N) is 2. The molecule has 4 saturated carbocycles. The lowest BCUT2D eigenvalue weighted by atomic mass is 9.48. The maximum atomic E-state index is 5.54. The van der Waals surface area contributed by atoms with E-state index in [0.29, 0.717) is 11.5 Å². The average Bonchev–Trinajstić information content (AvgIpc) is 2.13. The van der Waals surface area contributed by atoms with Crippen LogP contribution in [0.15, 0.2) is 4.99 Å². The van der Waals surface area contributed by atoms with Crippen molar-refractivity contribution in [2.24, 2.45) is 39.6 Å². The first kappa shape index (κ1) is 10.4. The van der Waals surface area contributed by atoms with E-state index in [1.54, 1.807) is 0 Å². The Hall–Kier alpha value is -0.730. The first-order chi connectivity index (χ1) is 7.57. The van der Waals surface area contributed by atoms with Gasteiger partial charge in [0.25, 0.3) is 0 Å². The van der Waals surface area contributed by atoms with Crippen molar-refractivity contribution in [1.29, 1.82) is 0 Å². The molecule has 3 nitrogen and oxygen atoms in total. The number of aliphatic imine (C=N–C) groups is 1. The SMILES string of the molecule is CC(N=C(N)N)C12CC3CC(CC(C3)C1)C2. The van der Waals surface area contributed by atoms with Crippen molar-refractivity contribution in [1.82, 2.24) is 0 Å². The van der Waals surface area contributed by atoms with Crippen molar-refractivity contribution < 1.29 is 0 Å². The number of nitrogens with zero attached hydrogens (tertiary/aromatic N) is 1. The van der Waals surface area contributed by atoms with Gasteiger partial charge in [0.2, 0.25) is 0 Å². The largest absolute Gasteiger partial charge is 0.370 e. The summed E-state index contributed by atoms with van der Waals surface area (Å²) in [5.74, 6) is 3.19. The molecule has 4 aliphatic rings. The minimum atomic E-state index is 0.267. The zero-order valence-corrected chi connectivity index (χ0v) is 10.2. The highest BCUT2D eigenvalue weighted by molar-refractivity contribution is 5.75. The van der Waals surface area contributed by atoms with Crippen LogP contribution in [0.1, 0.15) is 45.4 Å². The van der Waals surface area contributed by atoms with Crippen molar-refractivity contribution in [3.05, 3.63) is 0 Å². The Labute approximate surface area is 97.7 Å². The fourth-order valence-corrected chi connectivity index (χ4v) is 5.05. The van der Waals surface area contributed by atoms with E-state index >= 15 is 0 Å². The number of rotatable bonds is 2. The van der Waals surface area contributed by atoms with Crippen molar-refractivity contribution >= 4 is 5.96 Å². The predicted molar refractivity (Wildman–Crippen MR) is 65.9 cm³/mol. The van der Waals surface area contributed by atoms with Crippen LogP contribution in [0.25, 0.3) is 0 Å². The summed E-state index contributed by atoms with van der Waals surface area (Å²) in [6.07, 6.45) is 8.56. The Kier molecular flexibility index (Phi) is 2.20. The van der Waals surface area contributed by atoms with Gasteiger partial charge in [-0.15, -0.1) is 0 Å². The average molecular weight is 221 g/mol. The van der Waals surface area contributed by atoms with Gasteiger partial charge < -0.3 is 11.5 Å². The summed E-state index contributed by atoms with van der Waals surface area (Å²) in [5, 5.41) is 0. The molecule has 0 aromatic carbocycles. The molecule has 3 heteroatoms. The van der Waals surface area contributed by atoms with Crippen LogP contribution in [0, 0.1) is 23.2 Å². The molecule has 0 spiro atoms. The Morgan fingerprint density at radius 2 is 1.50 bits per heavy atom. The molecular formula is C13H23N3. The highest BCUT2D eigenvalue weighted by Gasteiger charge is 2.53. The van der Waals surface area contributed by atoms with Gasteiger partial charge in [-0.05, 0) is 68.6 Å². The highest BCUT2D eigenvalue weighted by atomic mass is 15.0. The van der Waals surface area contributed by atoms with E-state index in [1.807, 2.05) is 0 Å². The van der Waals surface area contributed by atoms with Crippen LogP contribution in [0.3, 0.4) is 0 Å². The molecule has 0 heterocycles. The lowest BCUT2D eigenvalue weighted by Gasteiger charge is -2.58. The Balaban J connectivity index is 1.85. The summed E-state index contributed by atoms with van der Waals surface area (Å²) < 4.78 is 0. The molecule has 16 heavy (non-hydrogen) atoms. The van der Waals surface area contributed by atoms with E-state index in [0.717, 1.165) is 17.8 Å². The summed E-state index contributed by atoms with van der Waals surface area (Å²) in [6, 6.07) is 0.325. The van der Waals surface area contributed by atoms with Gasteiger partial charge in [0, 0.05) is 0 Å². The first-order valence-electron chi connectivity index (χ1n) is 6.66. The van der Waals surface area contributed by atoms with E-state index in [1.165, 1.54) is 38.5 Å². The quantitative estimate of drug-likeness (QED) is 0.552. The molecule has 0 aromatic heterocycles. The zero-order valence-electron chi connectivity index (χ0n) is 10.2. The minimum absolute atomic E-state index is 0.267. The highest BCUT2D eigenvalue weighted by Crippen LogP contribution is 2.61. The summed E-state index contributed by atoms with van der Waals surface area (Å²) in [4.78, 5) is 4.44. The van der Waals surface area contributed by atoms with Crippen LogP contribution in [0.2, 0.25) is 0 Å². The fraction of sp³-hybridized carbons (Fsp3) is 0.923. The predicted octanol–water partition coefficient (Wildman–Crippen LogP) is 1.86. The molecule has 0 radical (unpaired) electrons. The molecule has 0 aromatic rings. The van der Waals surface area contributed by atoms with Gasteiger partial charge in [-0.25, -0.2) is 0 Å². The van der Waals surface area contributed by atoms with Crippen LogP contribution in [-0.4, -0.2) is 12.0 Å². The van der Waals surface area contributed by atoms with Crippen molar-refractivity contribution in [2.75, 3.05) is 0 Å². The molecule has 4 rings (SSSR count). The third-order valence-corrected chi connectivity index (χ3v) is 5.31. The Morgan fingerprint density at radius 1 is 1.06 bits per heavy atom.